The summed E-state index contributed by atoms with van der Waals surface area (Å²) in [6.07, 6.45) is 1.07. The van der Waals surface area contributed by atoms with E-state index in [0.717, 1.165) is 35.8 Å². The maximum atomic E-state index is 12.4. The number of ether oxygens (including phenoxy) is 3. The second kappa shape index (κ2) is 12.7. The largest absolute Gasteiger partial charge is 0.497 e. The molecular formula is C28H33N3O6. The van der Waals surface area contributed by atoms with Crippen LogP contribution >= 0.6 is 0 Å². The number of furan rings is 1. The van der Waals surface area contributed by atoms with E-state index >= 15 is 0 Å². The molecule has 0 atom stereocenters. The molecule has 3 aromatic rings. The van der Waals surface area contributed by atoms with Gasteiger partial charge in [-0.3, -0.25) is 4.79 Å². The van der Waals surface area contributed by atoms with Crippen molar-refractivity contribution in [3.8, 4) is 11.5 Å². The number of benzene rings is 2. The Kier molecular flexibility index (Phi) is 8.91. The molecule has 0 bridgehead atoms. The fraction of sp³-hybridized carbons (Fsp3) is 0.357. The van der Waals surface area contributed by atoms with Crippen molar-refractivity contribution in [1.82, 2.24) is 9.80 Å². The third-order valence-electron chi connectivity index (χ3n) is 6.21. The van der Waals surface area contributed by atoms with Crippen LogP contribution in [-0.4, -0.2) is 74.8 Å². The summed E-state index contributed by atoms with van der Waals surface area (Å²) in [4.78, 5) is 30.3. The number of carbonyl (C=O) groups excluding carboxylic acids is 2. The molecule has 1 fully saturated rings. The lowest BCUT2D eigenvalue weighted by Crippen LogP contribution is -2.50. The van der Waals surface area contributed by atoms with Crippen molar-refractivity contribution < 1.29 is 28.2 Å². The van der Waals surface area contributed by atoms with E-state index in [1.165, 1.54) is 6.26 Å². The Bertz CT molecular complexity index is 1160. The second-order valence-electron chi connectivity index (χ2n) is 8.58. The molecule has 2 aromatic carbocycles. The molecule has 2 amide bonds. The molecule has 0 unspecified atom stereocenters. The summed E-state index contributed by atoms with van der Waals surface area (Å²) in [6, 6.07) is 19.2. The maximum absolute atomic E-state index is 12.4. The van der Waals surface area contributed by atoms with E-state index in [1.54, 1.807) is 29.0 Å². The van der Waals surface area contributed by atoms with E-state index in [1.807, 2.05) is 36.4 Å². The Hall–Kier alpha value is -4.14. The third-order valence-corrected chi connectivity index (χ3v) is 6.21. The van der Waals surface area contributed by atoms with E-state index < -0.39 is 6.09 Å². The van der Waals surface area contributed by atoms with Crippen LogP contribution < -0.4 is 14.4 Å². The smallest absolute Gasteiger partial charge is 0.410 e. The highest BCUT2D eigenvalue weighted by atomic mass is 16.6. The normalized spacial score (nSPS) is 13.2. The first-order valence-corrected chi connectivity index (χ1v) is 12.4. The van der Waals surface area contributed by atoms with Gasteiger partial charge in [-0.25, -0.2) is 4.79 Å². The Morgan fingerprint density at radius 1 is 0.919 bits per heavy atom. The molecule has 196 valence electrons. The fourth-order valence-electron chi connectivity index (χ4n) is 4.17. The highest BCUT2D eigenvalue weighted by Crippen LogP contribution is 2.23. The van der Waals surface area contributed by atoms with Gasteiger partial charge in [-0.2, -0.15) is 0 Å². The number of carbonyl (C=O) groups is 2. The number of piperazine rings is 1. The topological polar surface area (TPSA) is 84.7 Å². The molecule has 0 N–H and O–H groups in total. The number of methoxy groups -OCH3 is 1. The van der Waals surface area contributed by atoms with Crippen LogP contribution in [0.5, 0.6) is 11.5 Å². The van der Waals surface area contributed by atoms with Gasteiger partial charge in [-0.05, 0) is 48.9 Å². The molecule has 1 aromatic heterocycles. The molecule has 1 aliphatic rings. The average Bonchev–Trinajstić information content (AvgIpc) is 3.49. The minimum absolute atomic E-state index is 0.138. The molecule has 37 heavy (non-hydrogen) atoms. The van der Waals surface area contributed by atoms with Crippen LogP contribution in [-0.2, 0) is 11.3 Å². The van der Waals surface area contributed by atoms with Gasteiger partial charge in [-0.1, -0.05) is 18.2 Å². The molecule has 0 radical (unpaired) electrons. The summed E-state index contributed by atoms with van der Waals surface area (Å²) in [5, 5.41) is 0. The Balaban J connectivity index is 1.20. The summed E-state index contributed by atoms with van der Waals surface area (Å²) in [7, 11) is 1.67. The van der Waals surface area contributed by atoms with Crippen LogP contribution in [0.2, 0.25) is 0 Å². The van der Waals surface area contributed by atoms with E-state index in [2.05, 4.69) is 24.0 Å². The zero-order valence-corrected chi connectivity index (χ0v) is 21.3. The SMILES string of the molecule is CCN(Cc1cccc(OCCOC(=O)N2CCN(C(=O)c3ccco3)CC2)c1)c1cccc(OC)c1. The molecule has 1 saturated heterocycles. The van der Waals surface area contributed by atoms with E-state index in [9.17, 15) is 9.59 Å². The zero-order valence-electron chi connectivity index (χ0n) is 21.3. The van der Waals surface area contributed by atoms with Crippen LogP contribution in [0.25, 0.3) is 0 Å². The van der Waals surface area contributed by atoms with Gasteiger partial charge in [0.05, 0.1) is 13.4 Å². The standard InChI is InChI=1S/C28H33N3O6/c1-3-29(23-8-5-9-24(20-23)34-2)21-22-7-4-10-25(19-22)35-17-18-37-28(33)31-14-12-30(13-15-31)27(32)26-11-6-16-36-26/h4-11,16,19-20H,3,12-15,17-18,21H2,1-2H3. The van der Waals surface area contributed by atoms with E-state index in [4.69, 9.17) is 18.6 Å². The molecular weight excluding hydrogens is 474 g/mol. The van der Waals surface area contributed by atoms with Crippen molar-refractivity contribution in [1.29, 1.82) is 0 Å². The molecule has 0 spiro atoms. The van der Waals surface area contributed by atoms with Gasteiger partial charge in [0.25, 0.3) is 5.91 Å². The van der Waals surface area contributed by atoms with Crippen molar-refractivity contribution in [2.45, 2.75) is 13.5 Å². The zero-order chi connectivity index (χ0) is 26.0. The fourth-order valence-corrected chi connectivity index (χ4v) is 4.17. The van der Waals surface area contributed by atoms with Gasteiger partial charge in [0, 0.05) is 51.0 Å². The molecule has 4 rings (SSSR count). The summed E-state index contributed by atoms with van der Waals surface area (Å²) in [6.45, 7) is 5.77. The minimum Gasteiger partial charge on any atom is -0.497 e. The first-order valence-electron chi connectivity index (χ1n) is 12.4. The van der Waals surface area contributed by atoms with Crippen molar-refractivity contribution in [2.24, 2.45) is 0 Å². The van der Waals surface area contributed by atoms with Crippen LogP contribution in [0, 0.1) is 0 Å². The number of rotatable bonds is 10. The predicted molar refractivity (Wildman–Crippen MR) is 139 cm³/mol. The van der Waals surface area contributed by atoms with E-state index in [0.29, 0.717) is 31.9 Å². The van der Waals surface area contributed by atoms with Gasteiger partial charge >= 0.3 is 6.09 Å². The van der Waals surface area contributed by atoms with Crippen LogP contribution in [0.15, 0.2) is 71.3 Å². The molecule has 0 aliphatic carbocycles. The lowest BCUT2D eigenvalue weighted by molar-refractivity contribution is 0.0509. The van der Waals surface area contributed by atoms with Gasteiger partial charge in [0.2, 0.25) is 0 Å². The minimum atomic E-state index is -0.403. The van der Waals surface area contributed by atoms with Crippen molar-refractivity contribution in [3.63, 3.8) is 0 Å². The Labute approximate surface area is 217 Å². The van der Waals surface area contributed by atoms with Crippen molar-refractivity contribution in [3.05, 3.63) is 78.3 Å². The summed E-state index contributed by atoms with van der Waals surface area (Å²) in [5.41, 5.74) is 2.20. The number of anilines is 1. The first-order chi connectivity index (χ1) is 18.1. The van der Waals surface area contributed by atoms with Crippen LogP contribution in [0.1, 0.15) is 23.0 Å². The summed E-state index contributed by atoms with van der Waals surface area (Å²) < 4.78 is 21.7. The van der Waals surface area contributed by atoms with Gasteiger partial charge in [0.15, 0.2) is 5.76 Å². The summed E-state index contributed by atoms with van der Waals surface area (Å²) in [5.74, 6) is 1.69. The molecule has 9 nitrogen and oxygen atoms in total. The summed E-state index contributed by atoms with van der Waals surface area (Å²) >= 11 is 0. The lowest BCUT2D eigenvalue weighted by atomic mass is 10.2. The van der Waals surface area contributed by atoms with Gasteiger partial charge < -0.3 is 33.3 Å². The average molecular weight is 508 g/mol. The first kappa shape index (κ1) is 25.9. The highest BCUT2D eigenvalue weighted by molar-refractivity contribution is 5.91. The van der Waals surface area contributed by atoms with Crippen molar-refractivity contribution >= 4 is 17.7 Å². The number of amides is 2. The molecule has 1 aliphatic heterocycles. The third kappa shape index (κ3) is 6.97. The molecule has 2 heterocycles. The predicted octanol–water partition coefficient (Wildman–Crippen LogP) is 4.29. The number of hydrogen-bond acceptors (Lipinski definition) is 7. The van der Waals surface area contributed by atoms with Crippen LogP contribution in [0.3, 0.4) is 0 Å². The monoisotopic (exact) mass is 507 g/mol. The molecule has 0 saturated carbocycles. The quantitative estimate of drug-likeness (QED) is 0.379. The maximum Gasteiger partial charge on any atom is 0.410 e. The van der Waals surface area contributed by atoms with Crippen LogP contribution in [0.4, 0.5) is 10.5 Å². The highest BCUT2D eigenvalue weighted by Gasteiger charge is 2.26. The molecule has 9 heteroatoms. The van der Waals surface area contributed by atoms with E-state index in [-0.39, 0.29) is 19.1 Å². The van der Waals surface area contributed by atoms with Gasteiger partial charge in [-0.15, -0.1) is 0 Å². The Morgan fingerprint density at radius 2 is 1.68 bits per heavy atom. The van der Waals surface area contributed by atoms with Gasteiger partial charge in [0.1, 0.15) is 24.7 Å². The number of hydrogen-bond donors (Lipinski definition) is 0. The second-order valence-corrected chi connectivity index (χ2v) is 8.58. The Morgan fingerprint density at radius 3 is 2.41 bits per heavy atom. The number of nitrogens with zero attached hydrogens (tertiary/aromatic N) is 3. The van der Waals surface area contributed by atoms with Crippen molar-refractivity contribution in [2.75, 3.05) is 57.9 Å². The lowest BCUT2D eigenvalue weighted by Gasteiger charge is -2.33.